The number of hydrogen-bond acceptors (Lipinski definition) is 7. The Bertz CT molecular complexity index is 1240. The number of esters is 1. The Kier molecular flexibility index (Phi) is 6.89. The van der Waals surface area contributed by atoms with Crippen LogP contribution in [-0.4, -0.2) is 30.6 Å². The van der Waals surface area contributed by atoms with Crippen LogP contribution in [0.3, 0.4) is 0 Å². The van der Waals surface area contributed by atoms with Gasteiger partial charge in [-0.25, -0.2) is 17.9 Å². The Hall–Kier alpha value is -3.25. The standard InChI is InChI=1S/C21H20F3N3O5S/c1-12(2)27-33(29,30)17-9-7-14(8-10-17)20(28)31-13(3)19-25-18(26-32-19)15-5-4-6-16(11-15)21(22,23)24/h4-13,27H,1-3H3. The van der Waals surface area contributed by atoms with E-state index in [1.165, 1.54) is 43.3 Å². The van der Waals surface area contributed by atoms with Gasteiger partial charge >= 0.3 is 12.1 Å². The van der Waals surface area contributed by atoms with Crippen LogP contribution in [0.25, 0.3) is 11.4 Å². The summed E-state index contributed by atoms with van der Waals surface area (Å²) >= 11 is 0. The summed E-state index contributed by atoms with van der Waals surface area (Å²) in [5.74, 6) is -0.982. The highest BCUT2D eigenvalue weighted by atomic mass is 32.2. The van der Waals surface area contributed by atoms with Crippen molar-refractivity contribution in [2.75, 3.05) is 0 Å². The minimum atomic E-state index is -4.52. The number of carbonyl (C=O) groups excluding carboxylic acids is 1. The molecule has 0 saturated carbocycles. The van der Waals surface area contributed by atoms with Crippen LogP contribution < -0.4 is 4.72 Å². The summed E-state index contributed by atoms with van der Waals surface area (Å²) in [6.07, 6.45) is -5.53. The first-order chi connectivity index (χ1) is 15.4. The van der Waals surface area contributed by atoms with Gasteiger partial charge < -0.3 is 9.26 Å². The summed E-state index contributed by atoms with van der Waals surface area (Å²) < 4.78 is 75.8. The Morgan fingerprint density at radius 1 is 1.09 bits per heavy atom. The van der Waals surface area contributed by atoms with Crippen molar-refractivity contribution in [2.45, 2.75) is 44.0 Å². The predicted molar refractivity (Wildman–Crippen MR) is 110 cm³/mol. The summed E-state index contributed by atoms with van der Waals surface area (Å²) in [5.41, 5.74) is -0.687. The number of ether oxygens (including phenoxy) is 1. The molecule has 3 rings (SSSR count). The Morgan fingerprint density at radius 2 is 1.76 bits per heavy atom. The molecule has 1 heterocycles. The quantitative estimate of drug-likeness (QED) is 0.497. The van der Waals surface area contributed by atoms with Crippen LogP contribution in [0.4, 0.5) is 13.2 Å². The predicted octanol–water partition coefficient (Wildman–Crippen LogP) is 4.36. The molecule has 0 spiro atoms. The summed E-state index contributed by atoms with van der Waals surface area (Å²) in [5, 5.41) is 3.65. The highest BCUT2D eigenvalue weighted by Gasteiger charge is 2.31. The molecule has 1 aromatic heterocycles. The van der Waals surface area contributed by atoms with E-state index in [1.54, 1.807) is 13.8 Å². The number of nitrogens with one attached hydrogen (secondary N) is 1. The molecular weight excluding hydrogens is 463 g/mol. The normalized spacial score (nSPS) is 13.2. The minimum Gasteiger partial charge on any atom is -0.449 e. The van der Waals surface area contributed by atoms with Crippen LogP contribution in [0.2, 0.25) is 0 Å². The lowest BCUT2D eigenvalue weighted by molar-refractivity contribution is -0.137. The minimum absolute atomic E-state index is 0.0107. The lowest BCUT2D eigenvalue weighted by Crippen LogP contribution is -2.30. The van der Waals surface area contributed by atoms with Crippen LogP contribution in [0.5, 0.6) is 0 Å². The Morgan fingerprint density at radius 3 is 2.36 bits per heavy atom. The van der Waals surface area contributed by atoms with Gasteiger partial charge in [0, 0.05) is 11.6 Å². The van der Waals surface area contributed by atoms with E-state index in [0.717, 1.165) is 12.1 Å². The van der Waals surface area contributed by atoms with E-state index >= 15 is 0 Å². The second-order valence-electron chi connectivity index (χ2n) is 7.38. The molecule has 8 nitrogen and oxygen atoms in total. The average molecular weight is 483 g/mol. The molecule has 0 aliphatic rings. The number of alkyl halides is 3. The van der Waals surface area contributed by atoms with Gasteiger partial charge in [-0.3, -0.25) is 0 Å². The average Bonchev–Trinajstić information content (AvgIpc) is 3.23. The number of benzene rings is 2. The zero-order chi connectivity index (χ0) is 24.4. The lowest BCUT2D eigenvalue weighted by atomic mass is 10.1. The Labute approximate surface area is 187 Å². The molecule has 0 amide bonds. The molecule has 176 valence electrons. The monoisotopic (exact) mass is 483 g/mol. The first kappa shape index (κ1) is 24.4. The topological polar surface area (TPSA) is 111 Å². The number of hydrogen-bond donors (Lipinski definition) is 1. The molecule has 1 N–H and O–H groups in total. The van der Waals surface area contributed by atoms with Crippen LogP contribution in [0.1, 0.15) is 48.7 Å². The fourth-order valence-electron chi connectivity index (χ4n) is 2.78. The molecule has 3 aromatic rings. The second kappa shape index (κ2) is 9.32. The number of aromatic nitrogens is 2. The van der Waals surface area contributed by atoms with Crippen molar-refractivity contribution in [2.24, 2.45) is 0 Å². The number of sulfonamides is 1. The fraction of sp³-hybridized carbons (Fsp3) is 0.286. The van der Waals surface area contributed by atoms with Crippen molar-refractivity contribution in [3.05, 3.63) is 65.5 Å². The number of nitrogens with zero attached hydrogens (tertiary/aromatic N) is 2. The maximum absolute atomic E-state index is 12.9. The van der Waals surface area contributed by atoms with E-state index in [0.29, 0.717) is 0 Å². The van der Waals surface area contributed by atoms with E-state index < -0.39 is 33.8 Å². The maximum atomic E-state index is 12.9. The van der Waals surface area contributed by atoms with Crippen LogP contribution in [-0.2, 0) is 20.9 Å². The van der Waals surface area contributed by atoms with E-state index in [9.17, 15) is 26.4 Å². The lowest BCUT2D eigenvalue weighted by Gasteiger charge is -2.11. The van der Waals surface area contributed by atoms with Crippen molar-refractivity contribution in [1.82, 2.24) is 14.9 Å². The largest absolute Gasteiger partial charge is 0.449 e. The fourth-order valence-corrected chi connectivity index (χ4v) is 4.03. The number of halogens is 3. The van der Waals surface area contributed by atoms with Gasteiger partial charge in [0.1, 0.15) is 0 Å². The maximum Gasteiger partial charge on any atom is 0.416 e. The van der Waals surface area contributed by atoms with Gasteiger partial charge in [-0.15, -0.1) is 0 Å². The van der Waals surface area contributed by atoms with E-state index in [-0.39, 0.29) is 33.8 Å². The summed E-state index contributed by atoms with van der Waals surface area (Å²) in [6, 6.07) is 9.25. The van der Waals surface area contributed by atoms with Crippen LogP contribution >= 0.6 is 0 Å². The van der Waals surface area contributed by atoms with Crippen molar-refractivity contribution in [3.63, 3.8) is 0 Å². The molecule has 0 bridgehead atoms. The van der Waals surface area contributed by atoms with E-state index in [4.69, 9.17) is 9.26 Å². The molecule has 0 fully saturated rings. The van der Waals surface area contributed by atoms with Crippen molar-refractivity contribution >= 4 is 16.0 Å². The zero-order valence-corrected chi connectivity index (χ0v) is 18.6. The van der Waals surface area contributed by atoms with Gasteiger partial charge in [0.25, 0.3) is 5.89 Å². The van der Waals surface area contributed by atoms with Gasteiger partial charge in [0.05, 0.1) is 16.0 Å². The molecule has 1 unspecified atom stereocenters. The number of carbonyl (C=O) groups is 1. The van der Waals surface area contributed by atoms with Gasteiger partial charge in [0.2, 0.25) is 15.8 Å². The van der Waals surface area contributed by atoms with Gasteiger partial charge in [-0.1, -0.05) is 17.3 Å². The summed E-state index contributed by atoms with van der Waals surface area (Å²) in [6.45, 7) is 4.81. The first-order valence-corrected chi connectivity index (χ1v) is 11.2. The molecular formula is C21H20F3N3O5S. The molecule has 2 aromatic carbocycles. The summed E-state index contributed by atoms with van der Waals surface area (Å²) in [7, 11) is -3.71. The molecule has 0 aliphatic heterocycles. The van der Waals surface area contributed by atoms with Gasteiger partial charge in [-0.05, 0) is 57.2 Å². The van der Waals surface area contributed by atoms with Crippen molar-refractivity contribution in [1.29, 1.82) is 0 Å². The van der Waals surface area contributed by atoms with Crippen molar-refractivity contribution in [3.8, 4) is 11.4 Å². The third kappa shape index (κ3) is 5.96. The summed E-state index contributed by atoms with van der Waals surface area (Å²) in [4.78, 5) is 16.4. The first-order valence-electron chi connectivity index (χ1n) is 9.71. The molecule has 12 heteroatoms. The molecule has 0 saturated heterocycles. The van der Waals surface area contributed by atoms with Gasteiger partial charge in [-0.2, -0.15) is 18.2 Å². The highest BCUT2D eigenvalue weighted by molar-refractivity contribution is 7.89. The third-order valence-electron chi connectivity index (χ3n) is 4.31. The van der Waals surface area contributed by atoms with Crippen LogP contribution in [0, 0.1) is 0 Å². The molecule has 0 radical (unpaired) electrons. The highest BCUT2D eigenvalue weighted by Crippen LogP contribution is 2.32. The van der Waals surface area contributed by atoms with E-state index in [2.05, 4.69) is 14.9 Å². The van der Waals surface area contributed by atoms with Crippen molar-refractivity contribution < 1.29 is 35.6 Å². The molecule has 1 atom stereocenters. The third-order valence-corrected chi connectivity index (χ3v) is 5.99. The second-order valence-corrected chi connectivity index (χ2v) is 9.10. The molecule has 0 aliphatic carbocycles. The van der Waals surface area contributed by atoms with Crippen LogP contribution in [0.15, 0.2) is 57.9 Å². The molecule has 33 heavy (non-hydrogen) atoms. The smallest absolute Gasteiger partial charge is 0.416 e. The van der Waals surface area contributed by atoms with E-state index in [1.807, 2.05) is 0 Å². The SMILES string of the molecule is CC(C)NS(=O)(=O)c1ccc(C(=O)OC(C)c2nc(-c3cccc(C(F)(F)F)c3)no2)cc1. The Balaban J connectivity index is 1.71. The number of rotatable bonds is 7. The van der Waals surface area contributed by atoms with Gasteiger partial charge in [0.15, 0.2) is 6.10 Å². The zero-order valence-electron chi connectivity index (χ0n) is 17.8.